The van der Waals surface area contributed by atoms with Crippen molar-refractivity contribution in [3.63, 3.8) is 0 Å². The summed E-state index contributed by atoms with van der Waals surface area (Å²) in [6.45, 7) is 6.23. The molecule has 1 unspecified atom stereocenters. The molecule has 1 aliphatic carbocycles. The maximum atomic E-state index is 5.43. The molecule has 2 fully saturated rings. The Bertz CT molecular complexity index is 646. The van der Waals surface area contributed by atoms with Gasteiger partial charge in [0.2, 0.25) is 5.89 Å². The number of aryl methyl sites for hydroxylation is 2. The van der Waals surface area contributed by atoms with Crippen LogP contribution in [-0.4, -0.2) is 26.6 Å². The molecule has 6 heteroatoms. The van der Waals surface area contributed by atoms with E-state index in [0.717, 1.165) is 41.9 Å². The van der Waals surface area contributed by atoms with E-state index in [1.54, 1.807) is 11.3 Å². The fraction of sp³-hybridized carbons (Fsp3) is 0.667. The lowest BCUT2D eigenvalue weighted by atomic mass is 10.2. The van der Waals surface area contributed by atoms with E-state index < -0.39 is 0 Å². The molecule has 2 aliphatic rings. The van der Waals surface area contributed by atoms with Crippen LogP contribution in [0.3, 0.4) is 0 Å². The third-order valence-corrected chi connectivity index (χ3v) is 5.45. The predicted octanol–water partition coefficient (Wildman–Crippen LogP) is 3.36. The molecule has 112 valence electrons. The number of hydrogen-bond acceptors (Lipinski definition) is 6. The molecule has 0 bridgehead atoms. The molecule has 3 heterocycles. The number of likely N-dealkylation sites (tertiary alicyclic amines) is 1. The lowest BCUT2D eigenvalue weighted by Gasteiger charge is -2.21. The van der Waals surface area contributed by atoms with Crippen LogP contribution in [0.4, 0.5) is 0 Å². The minimum Gasteiger partial charge on any atom is -0.339 e. The summed E-state index contributed by atoms with van der Waals surface area (Å²) in [4.78, 5) is 13.0. The molecule has 1 aliphatic heterocycles. The highest BCUT2D eigenvalue weighted by molar-refractivity contribution is 7.11. The second-order valence-corrected chi connectivity index (χ2v) is 7.42. The van der Waals surface area contributed by atoms with Gasteiger partial charge in [-0.3, -0.25) is 4.90 Å². The van der Waals surface area contributed by atoms with Crippen molar-refractivity contribution in [1.29, 1.82) is 0 Å². The Balaban J connectivity index is 1.52. The lowest BCUT2D eigenvalue weighted by Crippen LogP contribution is -2.23. The van der Waals surface area contributed by atoms with Gasteiger partial charge in [0.15, 0.2) is 5.82 Å². The molecular weight excluding hydrogens is 284 g/mol. The minimum absolute atomic E-state index is 0.308. The van der Waals surface area contributed by atoms with Crippen molar-refractivity contribution in [3.8, 4) is 0 Å². The summed E-state index contributed by atoms with van der Waals surface area (Å²) in [6, 6.07) is 0.308. The van der Waals surface area contributed by atoms with Crippen LogP contribution in [0.2, 0.25) is 0 Å². The van der Waals surface area contributed by atoms with Crippen molar-refractivity contribution >= 4 is 11.3 Å². The van der Waals surface area contributed by atoms with Crippen LogP contribution in [0.15, 0.2) is 4.52 Å². The van der Waals surface area contributed by atoms with E-state index >= 15 is 0 Å². The maximum absolute atomic E-state index is 5.43. The molecular formula is C15H20N4OS. The summed E-state index contributed by atoms with van der Waals surface area (Å²) in [5.41, 5.74) is 1.16. The number of hydrogen-bond donors (Lipinski definition) is 0. The summed E-state index contributed by atoms with van der Waals surface area (Å²) in [7, 11) is 0. The summed E-state index contributed by atoms with van der Waals surface area (Å²) in [6.07, 6.45) is 4.74. The third-order valence-electron chi connectivity index (χ3n) is 4.39. The van der Waals surface area contributed by atoms with Crippen molar-refractivity contribution < 1.29 is 4.52 Å². The van der Waals surface area contributed by atoms with Crippen molar-refractivity contribution in [1.82, 2.24) is 20.0 Å². The Labute approximate surface area is 128 Å². The first-order valence-electron chi connectivity index (χ1n) is 7.71. The molecule has 1 saturated heterocycles. The fourth-order valence-corrected chi connectivity index (χ4v) is 4.05. The van der Waals surface area contributed by atoms with Crippen molar-refractivity contribution in [3.05, 3.63) is 27.3 Å². The van der Waals surface area contributed by atoms with Crippen LogP contribution >= 0.6 is 11.3 Å². The Hall–Kier alpha value is -1.27. The first-order chi connectivity index (χ1) is 10.2. The second kappa shape index (κ2) is 5.18. The van der Waals surface area contributed by atoms with E-state index in [4.69, 9.17) is 4.52 Å². The summed E-state index contributed by atoms with van der Waals surface area (Å²) >= 11 is 1.80. The predicted molar refractivity (Wildman–Crippen MR) is 80.2 cm³/mol. The monoisotopic (exact) mass is 304 g/mol. The first kappa shape index (κ1) is 13.4. The third kappa shape index (κ3) is 2.62. The Kier molecular flexibility index (Phi) is 3.30. The second-order valence-electron chi connectivity index (χ2n) is 6.14. The zero-order valence-electron chi connectivity index (χ0n) is 12.5. The Morgan fingerprint density at radius 3 is 2.81 bits per heavy atom. The number of aromatic nitrogens is 3. The molecule has 5 nitrogen and oxygen atoms in total. The van der Waals surface area contributed by atoms with E-state index in [1.165, 1.54) is 24.1 Å². The van der Waals surface area contributed by atoms with E-state index in [-0.39, 0.29) is 0 Å². The maximum Gasteiger partial charge on any atom is 0.229 e. The van der Waals surface area contributed by atoms with Gasteiger partial charge in [-0.05, 0) is 46.1 Å². The molecule has 0 aromatic carbocycles. The van der Waals surface area contributed by atoms with Crippen molar-refractivity contribution in [2.75, 3.05) is 6.54 Å². The molecule has 2 aromatic heterocycles. The highest BCUT2D eigenvalue weighted by atomic mass is 32.1. The molecule has 21 heavy (non-hydrogen) atoms. The van der Waals surface area contributed by atoms with E-state index in [1.807, 2.05) is 0 Å². The van der Waals surface area contributed by atoms with Crippen LogP contribution in [0.5, 0.6) is 0 Å². The smallest absolute Gasteiger partial charge is 0.229 e. The molecule has 0 amide bonds. The quantitative estimate of drug-likeness (QED) is 0.867. The van der Waals surface area contributed by atoms with Crippen LogP contribution in [0.1, 0.15) is 64.9 Å². The number of rotatable bonds is 4. The SMILES string of the molecule is Cc1nc(C)c(CN2CCCC2c2noc(C3CC3)n2)s1. The lowest BCUT2D eigenvalue weighted by molar-refractivity contribution is 0.235. The van der Waals surface area contributed by atoms with Crippen LogP contribution in [0, 0.1) is 13.8 Å². The van der Waals surface area contributed by atoms with Gasteiger partial charge in [0.1, 0.15) is 0 Å². The van der Waals surface area contributed by atoms with Gasteiger partial charge in [0.25, 0.3) is 0 Å². The highest BCUT2D eigenvalue weighted by Crippen LogP contribution is 2.40. The first-order valence-corrected chi connectivity index (χ1v) is 8.53. The summed E-state index contributed by atoms with van der Waals surface area (Å²) in [5, 5.41) is 5.39. The summed E-state index contributed by atoms with van der Waals surface area (Å²) in [5.74, 6) is 2.27. The molecule has 0 spiro atoms. The average molecular weight is 304 g/mol. The highest BCUT2D eigenvalue weighted by Gasteiger charge is 2.34. The molecule has 0 radical (unpaired) electrons. The minimum atomic E-state index is 0.308. The Morgan fingerprint density at radius 2 is 2.10 bits per heavy atom. The van der Waals surface area contributed by atoms with Crippen molar-refractivity contribution in [2.45, 2.75) is 58.0 Å². The van der Waals surface area contributed by atoms with E-state index in [0.29, 0.717) is 12.0 Å². The average Bonchev–Trinajstić information content (AvgIpc) is 2.88. The fourth-order valence-electron chi connectivity index (χ4n) is 3.09. The van der Waals surface area contributed by atoms with Gasteiger partial charge in [-0.25, -0.2) is 4.98 Å². The molecule has 2 aromatic rings. The largest absolute Gasteiger partial charge is 0.339 e. The summed E-state index contributed by atoms with van der Waals surface area (Å²) < 4.78 is 5.43. The van der Waals surface area contributed by atoms with Crippen molar-refractivity contribution in [2.24, 2.45) is 0 Å². The van der Waals surface area contributed by atoms with E-state index in [9.17, 15) is 0 Å². The van der Waals surface area contributed by atoms with E-state index in [2.05, 4.69) is 33.9 Å². The molecule has 1 atom stereocenters. The molecule has 1 saturated carbocycles. The van der Waals surface area contributed by atoms with Gasteiger partial charge in [-0.2, -0.15) is 4.98 Å². The Morgan fingerprint density at radius 1 is 1.24 bits per heavy atom. The molecule has 4 rings (SSSR count). The topological polar surface area (TPSA) is 55.1 Å². The van der Waals surface area contributed by atoms with Gasteiger partial charge in [0, 0.05) is 17.3 Å². The standard InChI is InChI=1S/C15H20N4OS/c1-9-13(21-10(2)16-9)8-19-7-3-4-12(19)14-17-15(20-18-14)11-5-6-11/h11-12H,3-8H2,1-2H3. The van der Waals surface area contributed by atoms with Crippen LogP contribution < -0.4 is 0 Å². The molecule has 0 N–H and O–H groups in total. The van der Waals surface area contributed by atoms with Crippen LogP contribution in [0.25, 0.3) is 0 Å². The van der Waals surface area contributed by atoms with Gasteiger partial charge in [0.05, 0.1) is 16.7 Å². The van der Waals surface area contributed by atoms with Crippen LogP contribution in [-0.2, 0) is 6.54 Å². The number of nitrogens with zero attached hydrogens (tertiary/aromatic N) is 4. The number of thiazole rings is 1. The van der Waals surface area contributed by atoms with Gasteiger partial charge >= 0.3 is 0 Å². The van der Waals surface area contributed by atoms with Gasteiger partial charge in [-0.15, -0.1) is 11.3 Å². The zero-order valence-corrected chi connectivity index (χ0v) is 13.3. The zero-order chi connectivity index (χ0) is 14.4. The van der Waals surface area contributed by atoms with Gasteiger partial charge < -0.3 is 4.52 Å². The van der Waals surface area contributed by atoms with Gasteiger partial charge in [-0.1, -0.05) is 5.16 Å². The normalized spacial score (nSPS) is 23.0.